The molecule has 0 saturated carbocycles. The van der Waals surface area contributed by atoms with Crippen LogP contribution in [0.15, 0.2) is 84.9 Å². The summed E-state index contributed by atoms with van der Waals surface area (Å²) in [7, 11) is 0. The van der Waals surface area contributed by atoms with Crippen molar-refractivity contribution in [1.82, 2.24) is 15.1 Å². The summed E-state index contributed by atoms with van der Waals surface area (Å²) < 4.78 is 1.53. The molecule has 0 unspecified atom stereocenters. The number of primary amides is 1. The summed E-state index contributed by atoms with van der Waals surface area (Å²) in [5, 5.41) is 7.15. The van der Waals surface area contributed by atoms with Crippen LogP contribution in [0.5, 0.6) is 0 Å². The summed E-state index contributed by atoms with van der Waals surface area (Å²) >= 11 is 0. The number of nitrogens with two attached hydrogens (primary N) is 1. The number of ketones is 1. The molecule has 0 aliphatic heterocycles. The number of hydrogen-bond acceptors (Lipinski definition) is 4. The standard InChI is InChI=1S/C28H26N4O3/c1-18-7-6-10-22(15-18)21-11-13-23(14-12-21)32-25(16-19(2)31-32)28(35)30-24(26(33)27(29)34)17-20-8-4-3-5-9-20/h3-16,24H,17H2,1-2H3,(H2,29,34)(H,30,35)/t24-/m0/s1. The molecule has 0 fully saturated rings. The normalized spacial score (nSPS) is 11.6. The summed E-state index contributed by atoms with van der Waals surface area (Å²) in [4.78, 5) is 37.3. The number of amides is 2. The Bertz CT molecular complexity index is 1380. The highest BCUT2D eigenvalue weighted by molar-refractivity contribution is 6.38. The Balaban J connectivity index is 1.60. The van der Waals surface area contributed by atoms with Gasteiger partial charge in [-0.15, -0.1) is 0 Å². The highest BCUT2D eigenvalue weighted by Crippen LogP contribution is 2.23. The van der Waals surface area contributed by atoms with Crippen LogP contribution >= 0.6 is 0 Å². The van der Waals surface area contributed by atoms with Crippen molar-refractivity contribution in [3.8, 4) is 16.8 Å². The molecule has 2 amide bonds. The van der Waals surface area contributed by atoms with E-state index in [0.29, 0.717) is 11.4 Å². The maximum Gasteiger partial charge on any atom is 0.287 e. The summed E-state index contributed by atoms with van der Waals surface area (Å²) in [5.74, 6) is -2.47. The lowest BCUT2D eigenvalue weighted by molar-refractivity contribution is -0.137. The second-order valence-electron chi connectivity index (χ2n) is 8.44. The van der Waals surface area contributed by atoms with E-state index in [1.54, 1.807) is 13.0 Å². The number of aromatic nitrogens is 2. The Morgan fingerprint density at radius 3 is 2.26 bits per heavy atom. The Labute approximate surface area is 203 Å². The number of Topliss-reactive ketones (excluding diaryl/α,β-unsaturated/α-hetero) is 1. The second kappa shape index (κ2) is 10.2. The van der Waals surface area contributed by atoms with Crippen LogP contribution < -0.4 is 11.1 Å². The third kappa shape index (κ3) is 5.52. The first-order valence-electron chi connectivity index (χ1n) is 11.2. The second-order valence-corrected chi connectivity index (χ2v) is 8.44. The zero-order chi connectivity index (χ0) is 24.9. The molecule has 35 heavy (non-hydrogen) atoms. The lowest BCUT2D eigenvalue weighted by atomic mass is 10.0. The van der Waals surface area contributed by atoms with E-state index in [0.717, 1.165) is 16.7 Å². The van der Waals surface area contributed by atoms with E-state index >= 15 is 0 Å². The largest absolute Gasteiger partial charge is 0.363 e. The van der Waals surface area contributed by atoms with Gasteiger partial charge in [0.15, 0.2) is 0 Å². The fourth-order valence-corrected chi connectivity index (χ4v) is 3.94. The molecule has 1 atom stereocenters. The van der Waals surface area contributed by atoms with Crippen molar-refractivity contribution >= 4 is 17.6 Å². The van der Waals surface area contributed by atoms with Gasteiger partial charge in [0.2, 0.25) is 5.78 Å². The van der Waals surface area contributed by atoms with Crippen molar-refractivity contribution < 1.29 is 14.4 Å². The number of carbonyl (C=O) groups is 3. The minimum atomic E-state index is -1.09. The molecule has 0 bridgehead atoms. The summed E-state index contributed by atoms with van der Waals surface area (Å²) in [6, 6.07) is 25.6. The topological polar surface area (TPSA) is 107 Å². The van der Waals surface area contributed by atoms with Crippen LogP contribution in [0.25, 0.3) is 16.8 Å². The number of nitrogens with zero attached hydrogens (tertiary/aromatic N) is 2. The number of nitrogens with one attached hydrogen (secondary N) is 1. The molecule has 0 spiro atoms. The first-order valence-corrected chi connectivity index (χ1v) is 11.2. The summed E-state index contributed by atoms with van der Waals surface area (Å²) in [6.45, 7) is 3.83. The fraction of sp³-hybridized carbons (Fsp3) is 0.143. The summed E-state index contributed by atoms with van der Waals surface area (Å²) in [6.07, 6.45) is 0.145. The van der Waals surface area contributed by atoms with Crippen LogP contribution in [-0.2, 0) is 16.0 Å². The Morgan fingerprint density at radius 1 is 0.886 bits per heavy atom. The molecule has 0 saturated heterocycles. The van der Waals surface area contributed by atoms with Crippen molar-refractivity contribution in [3.05, 3.63) is 107 Å². The van der Waals surface area contributed by atoms with Crippen LogP contribution in [0.3, 0.4) is 0 Å². The van der Waals surface area contributed by atoms with Gasteiger partial charge >= 0.3 is 0 Å². The van der Waals surface area contributed by atoms with Gasteiger partial charge in [0.05, 0.1) is 11.4 Å². The average molecular weight is 467 g/mol. The minimum absolute atomic E-state index is 0.145. The molecule has 1 aromatic heterocycles. The van der Waals surface area contributed by atoms with E-state index < -0.39 is 23.6 Å². The molecule has 4 rings (SSSR count). The number of hydrogen-bond donors (Lipinski definition) is 2. The van der Waals surface area contributed by atoms with Gasteiger partial charge in [-0.3, -0.25) is 14.4 Å². The van der Waals surface area contributed by atoms with Crippen LogP contribution in [0, 0.1) is 13.8 Å². The van der Waals surface area contributed by atoms with E-state index in [4.69, 9.17) is 5.73 Å². The molecule has 0 radical (unpaired) electrons. The lowest BCUT2D eigenvalue weighted by Gasteiger charge is -2.17. The fourth-order valence-electron chi connectivity index (χ4n) is 3.94. The smallest absolute Gasteiger partial charge is 0.287 e. The summed E-state index contributed by atoms with van der Waals surface area (Å²) in [5.41, 5.74) is 10.9. The van der Waals surface area contributed by atoms with Gasteiger partial charge in [-0.05, 0) is 48.7 Å². The quantitative estimate of drug-likeness (QED) is 0.387. The molecule has 3 N–H and O–H groups in total. The zero-order valence-corrected chi connectivity index (χ0v) is 19.6. The highest BCUT2D eigenvalue weighted by Gasteiger charge is 2.27. The van der Waals surface area contributed by atoms with Gasteiger partial charge in [0.25, 0.3) is 11.8 Å². The Morgan fingerprint density at radius 2 is 1.60 bits per heavy atom. The van der Waals surface area contributed by atoms with Gasteiger partial charge in [-0.2, -0.15) is 5.10 Å². The van der Waals surface area contributed by atoms with Crippen molar-refractivity contribution in [3.63, 3.8) is 0 Å². The van der Waals surface area contributed by atoms with Gasteiger partial charge in [-0.25, -0.2) is 4.68 Å². The minimum Gasteiger partial charge on any atom is -0.363 e. The third-order valence-corrected chi connectivity index (χ3v) is 5.67. The average Bonchev–Trinajstić information content (AvgIpc) is 3.25. The Kier molecular flexibility index (Phi) is 6.87. The molecule has 7 nitrogen and oxygen atoms in total. The van der Waals surface area contributed by atoms with E-state index in [2.05, 4.69) is 16.5 Å². The van der Waals surface area contributed by atoms with Crippen molar-refractivity contribution in [2.45, 2.75) is 26.3 Å². The zero-order valence-electron chi connectivity index (χ0n) is 19.6. The van der Waals surface area contributed by atoms with Crippen LogP contribution in [-0.4, -0.2) is 33.4 Å². The predicted molar refractivity (Wildman–Crippen MR) is 134 cm³/mol. The molecule has 0 aliphatic carbocycles. The highest BCUT2D eigenvalue weighted by atomic mass is 16.2. The molecule has 0 aliphatic rings. The Hall–Kier alpha value is -4.52. The monoisotopic (exact) mass is 466 g/mol. The van der Waals surface area contributed by atoms with E-state index in [1.165, 1.54) is 10.2 Å². The van der Waals surface area contributed by atoms with Crippen molar-refractivity contribution in [2.75, 3.05) is 0 Å². The lowest BCUT2D eigenvalue weighted by Crippen LogP contribution is -2.47. The number of benzene rings is 3. The number of carbonyl (C=O) groups excluding carboxylic acids is 3. The van der Waals surface area contributed by atoms with Crippen LogP contribution in [0.2, 0.25) is 0 Å². The number of aryl methyl sites for hydroxylation is 2. The molecular weight excluding hydrogens is 440 g/mol. The molecule has 3 aromatic carbocycles. The van der Waals surface area contributed by atoms with Gasteiger partial charge in [0, 0.05) is 6.42 Å². The molecule has 4 aromatic rings. The van der Waals surface area contributed by atoms with Gasteiger partial charge in [-0.1, -0.05) is 72.3 Å². The van der Waals surface area contributed by atoms with E-state index in [9.17, 15) is 14.4 Å². The first kappa shape index (κ1) is 23.6. The van der Waals surface area contributed by atoms with Crippen molar-refractivity contribution in [2.24, 2.45) is 5.73 Å². The maximum atomic E-state index is 13.2. The predicted octanol–water partition coefficient (Wildman–Crippen LogP) is 3.55. The van der Waals surface area contributed by atoms with E-state index in [1.807, 2.05) is 79.7 Å². The van der Waals surface area contributed by atoms with Gasteiger partial charge in [0.1, 0.15) is 11.7 Å². The van der Waals surface area contributed by atoms with Crippen molar-refractivity contribution in [1.29, 1.82) is 0 Å². The molecule has 1 heterocycles. The maximum absolute atomic E-state index is 13.2. The molecular formula is C28H26N4O3. The van der Waals surface area contributed by atoms with Gasteiger partial charge < -0.3 is 11.1 Å². The SMILES string of the molecule is Cc1cccc(-c2ccc(-n3nc(C)cc3C(=O)N[C@@H](Cc3ccccc3)C(=O)C(N)=O)cc2)c1. The van der Waals surface area contributed by atoms with Crippen LogP contribution in [0.1, 0.15) is 27.3 Å². The molecule has 7 heteroatoms. The first-order chi connectivity index (χ1) is 16.8. The third-order valence-electron chi connectivity index (χ3n) is 5.67. The number of rotatable bonds is 8. The van der Waals surface area contributed by atoms with E-state index in [-0.39, 0.29) is 12.1 Å². The molecule has 176 valence electrons. The van der Waals surface area contributed by atoms with Crippen LogP contribution in [0.4, 0.5) is 0 Å².